The van der Waals surface area contributed by atoms with E-state index < -0.39 is 11.8 Å². The van der Waals surface area contributed by atoms with Gasteiger partial charge in [0.15, 0.2) is 0 Å². The molecule has 1 aliphatic heterocycles. The first-order chi connectivity index (χ1) is 14.6. The van der Waals surface area contributed by atoms with E-state index in [4.69, 9.17) is 0 Å². The van der Waals surface area contributed by atoms with Gasteiger partial charge in [-0.25, -0.2) is 4.90 Å². The maximum Gasteiger partial charge on any atom is 0.270 e. The molecule has 1 N–H and O–H groups in total. The molecule has 1 aliphatic rings. The summed E-state index contributed by atoms with van der Waals surface area (Å²) in [4.78, 5) is 40.3. The van der Waals surface area contributed by atoms with Crippen LogP contribution in [0.5, 0.6) is 0 Å². The number of nitrogens with zero attached hydrogens (tertiary/aromatic N) is 2. The number of rotatable bonds is 3. The van der Waals surface area contributed by atoms with Crippen molar-refractivity contribution in [2.75, 3.05) is 10.3 Å². The van der Waals surface area contributed by atoms with Crippen LogP contribution in [0.25, 0.3) is 0 Å². The lowest BCUT2D eigenvalue weighted by molar-refractivity contribution is 0.0923. The van der Waals surface area contributed by atoms with E-state index in [1.165, 1.54) is 6.07 Å². The Kier molecular flexibility index (Phi) is 6.01. The second-order valence-corrected chi connectivity index (χ2v) is 10.1. The molecule has 0 radical (unpaired) electrons. The molecule has 0 bridgehead atoms. The Balaban J connectivity index is 1.72. The van der Waals surface area contributed by atoms with Crippen molar-refractivity contribution in [3.8, 4) is 0 Å². The smallest absolute Gasteiger partial charge is 0.268 e. The molecule has 2 aromatic carbocycles. The van der Waals surface area contributed by atoms with Crippen molar-refractivity contribution in [1.29, 1.82) is 0 Å². The molecule has 0 saturated carbocycles. The molecular weight excluding hydrogens is 662 g/mol. The van der Waals surface area contributed by atoms with Gasteiger partial charge in [0, 0.05) is 34.8 Å². The number of carbonyl (C=O) groups excluding carboxylic acids is 3. The summed E-state index contributed by atoms with van der Waals surface area (Å²) in [5.41, 5.74) is 5.73. The average molecular weight is 675 g/mol. The van der Waals surface area contributed by atoms with E-state index in [0.29, 0.717) is 29.1 Å². The third-order valence-corrected chi connectivity index (χ3v) is 9.72. The van der Waals surface area contributed by atoms with Crippen molar-refractivity contribution < 1.29 is 14.4 Å². The van der Waals surface area contributed by atoms with E-state index in [0.717, 1.165) is 16.3 Å². The van der Waals surface area contributed by atoms with Crippen LogP contribution in [0.4, 0.5) is 5.69 Å². The van der Waals surface area contributed by atoms with Gasteiger partial charge in [0.05, 0.1) is 16.8 Å². The van der Waals surface area contributed by atoms with Crippen LogP contribution in [0.3, 0.4) is 0 Å². The Morgan fingerprint density at radius 1 is 0.806 bits per heavy atom. The van der Waals surface area contributed by atoms with E-state index in [1.807, 2.05) is 26.0 Å². The number of benzene rings is 2. The Hall–Kier alpha value is -1.75. The number of imide groups is 1. The number of nitrogens with one attached hydrogen (secondary N) is 1. The summed E-state index contributed by atoms with van der Waals surface area (Å²) in [6, 6.07) is 10.2. The summed E-state index contributed by atoms with van der Waals surface area (Å²) in [5, 5.41) is 0. The lowest BCUT2D eigenvalue weighted by Crippen LogP contribution is -2.30. The Morgan fingerprint density at radius 2 is 1.32 bits per heavy atom. The van der Waals surface area contributed by atoms with Crippen LogP contribution in [0.1, 0.15) is 42.5 Å². The molecule has 0 aliphatic carbocycles. The van der Waals surface area contributed by atoms with Crippen molar-refractivity contribution in [2.24, 2.45) is 0 Å². The van der Waals surface area contributed by atoms with Crippen LogP contribution >= 0.6 is 63.7 Å². The van der Waals surface area contributed by atoms with Gasteiger partial charge in [0.25, 0.3) is 17.7 Å². The van der Waals surface area contributed by atoms with Crippen LogP contribution in [0.2, 0.25) is 0 Å². The SMILES string of the molecule is Cc1ccc(C)n1NC(=O)c1cccc(N2C(=O)c3c(Br)c(Br)c(Br)c(Br)c3C2=O)c1. The molecule has 0 spiro atoms. The number of fused-ring (bicyclic) bond motifs is 1. The first-order valence-electron chi connectivity index (χ1n) is 8.94. The summed E-state index contributed by atoms with van der Waals surface area (Å²) in [5.74, 6) is -1.31. The molecule has 158 valence electrons. The van der Waals surface area contributed by atoms with Crippen molar-refractivity contribution in [3.63, 3.8) is 0 Å². The number of aryl methyl sites for hydroxylation is 2. The summed E-state index contributed by atoms with van der Waals surface area (Å²) in [7, 11) is 0. The van der Waals surface area contributed by atoms with Gasteiger partial charge >= 0.3 is 0 Å². The van der Waals surface area contributed by atoms with E-state index in [2.05, 4.69) is 69.1 Å². The zero-order valence-electron chi connectivity index (χ0n) is 16.1. The molecule has 0 saturated heterocycles. The van der Waals surface area contributed by atoms with E-state index in [1.54, 1.807) is 22.9 Å². The maximum absolute atomic E-state index is 13.2. The Labute approximate surface area is 211 Å². The predicted octanol–water partition coefficient (Wildman–Crippen LogP) is 6.34. The van der Waals surface area contributed by atoms with Crippen LogP contribution in [-0.2, 0) is 0 Å². The maximum atomic E-state index is 13.2. The quantitative estimate of drug-likeness (QED) is 0.200. The summed E-state index contributed by atoms with van der Waals surface area (Å²) >= 11 is 13.6. The largest absolute Gasteiger partial charge is 0.270 e. The lowest BCUT2D eigenvalue weighted by Gasteiger charge is -2.16. The molecule has 10 heteroatoms. The van der Waals surface area contributed by atoms with Crippen molar-refractivity contribution in [3.05, 3.63) is 82.4 Å². The van der Waals surface area contributed by atoms with Gasteiger partial charge < -0.3 is 0 Å². The van der Waals surface area contributed by atoms with Crippen molar-refractivity contribution >= 4 is 87.1 Å². The van der Waals surface area contributed by atoms with Gasteiger partial charge in [-0.15, -0.1) is 0 Å². The predicted molar refractivity (Wildman–Crippen MR) is 132 cm³/mol. The van der Waals surface area contributed by atoms with Gasteiger partial charge in [-0.3, -0.25) is 24.5 Å². The number of halogens is 4. The minimum atomic E-state index is -0.476. The standard InChI is InChI=1S/C21H13Br4N3O3/c1-9-6-7-10(2)28(9)26-19(29)11-4-3-5-12(8-11)27-20(30)13-14(21(27)31)16(23)18(25)17(24)15(13)22/h3-8H,1-2H3,(H,26,29). The topological polar surface area (TPSA) is 71.4 Å². The van der Waals surface area contributed by atoms with E-state index >= 15 is 0 Å². The Morgan fingerprint density at radius 3 is 1.84 bits per heavy atom. The summed E-state index contributed by atoms with van der Waals surface area (Å²) < 4.78 is 3.87. The van der Waals surface area contributed by atoms with Crippen LogP contribution < -0.4 is 10.3 Å². The molecular formula is C21H13Br4N3O3. The van der Waals surface area contributed by atoms with Crippen molar-refractivity contribution in [2.45, 2.75) is 13.8 Å². The first kappa shape index (κ1) is 22.4. The molecule has 4 rings (SSSR count). The second-order valence-electron chi connectivity index (χ2n) is 6.89. The molecule has 0 unspecified atom stereocenters. The number of aromatic nitrogens is 1. The van der Waals surface area contributed by atoms with Gasteiger partial charge in [0.1, 0.15) is 0 Å². The average Bonchev–Trinajstić information content (AvgIpc) is 3.20. The Bertz CT molecular complexity index is 1230. The highest BCUT2D eigenvalue weighted by Crippen LogP contribution is 2.46. The monoisotopic (exact) mass is 671 g/mol. The van der Waals surface area contributed by atoms with Crippen LogP contribution in [0.15, 0.2) is 54.3 Å². The first-order valence-corrected chi connectivity index (χ1v) is 12.1. The lowest BCUT2D eigenvalue weighted by atomic mass is 10.1. The normalized spacial score (nSPS) is 13.0. The highest BCUT2D eigenvalue weighted by molar-refractivity contribution is 9.15. The third-order valence-electron chi connectivity index (χ3n) is 4.95. The van der Waals surface area contributed by atoms with E-state index in [-0.39, 0.29) is 17.0 Å². The third kappa shape index (κ3) is 3.63. The molecule has 3 aromatic rings. The zero-order chi connectivity index (χ0) is 22.6. The zero-order valence-corrected chi connectivity index (χ0v) is 22.4. The minimum absolute atomic E-state index is 0.250. The fourth-order valence-corrected chi connectivity index (χ4v) is 5.84. The fraction of sp³-hybridized carbons (Fsp3) is 0.0952. The van der Waals surface area contributed by atoms with Gasteiger partial charge in [-0.2, -0.15) is 0 Å². The second kappa shape index (κ2) is 8.31. The molecule has 1 aromatic heterocycles. The highest BCUT2D eigenvalue weighted by atomic mass is 79.9. The van der Waals surface area contributed by atoms with Gasteiger partial charge in [-0.05, 0) is 108 Å². The number of anilines is 1. The number of hydrogen-bond acceptors (Lipinski definition) is 3. The van der Waals surface area contributed by atoms with Crippen molar-refractivity contribution in [1.82, 2.24) is 4.68 Å². The van der Waals surface area contributed by atoms with Gasteiger partial charge in [0.2, 0.25) is 0 Å². The molecule has 31 heavy (non-hydrogen) atoms. The molecule has 2 heterocycles. The van der Waals surface area contributed by atoms with Gasteiger partial charge in [-0.1, -0.05) is 6.07 Å². The number of carbonyl (C=O) groups is 3. The molecule has 0 fully saturated rings. The number of amides is 3. The summed E-state index contributed by atoms with van der Waals surface area (Å²) in [6.45, 7) is 3.77. The van der Waals surface area contributed by atoms with E-state index in [9.17, 15) is 14.4 Å². The molecule has 6 nitrogen and oxygen atoms in total. The highest BCUT2D eigenvalue weighted by Gasteiger charge is 2.42. The fourth-order valence-electron chi connectivity index (χ4n) is 3.38. The van der Waals surface area contributed by atoms with Crippen LogP contribution in [-0.4, -0.2) is 22.4 Å². The van der Waals surface area contributed by atoms with Crippen LogP contribution in [0, 0.1) is 13.8 Å². The summed E-state index contributed by atoms with van der Waals surface area (Å²) in [6.07, 6.45) is 0. The molecule has 0 atom stereocenters. The number of hydrogen-bond donors (Lipinski definition) is 1. The minimum Gasteiger partial charge on any atom is -0.268 e. The molecule has 3 amide bonds.